The van der Waals surface area contributed by atoms with Crippen molar-refractivity contribution in [3.63, 3.8) is 0 Å². The summed E-state index contributed by atoms with van der Waals surface area (Å²) in [7, 11) is 0. The van der Waals surface area contributed by atoms with Gasteiger partial charge < -0.3 is 10.3 Å². The number of aromatic amines is 1. The van der Waals surface area contributed by atoms with E-state index in [1.54, 1.807) is 0 Å². The average molecular weight is 269 g/mol. The molecule has 3 nitrogen and oxygen atoms in total. The molecule has 0 atom stereocenters. The number of nitrogens with one attached hydrogen (secondary N) is 2. The maximum atomic E-state index is 8.55. The van der Waals surface area contributed by atoms with Gasteiger partial charge >= 0.3 is 0 Å². The number of unbranched alkanes of at least 4 members (excludes halogenated alkanes) is 1. The summed E-state index contributed by atoms with van der Waals surface area (Å²) in [5.74, 6) is 0. The number of aryl methyl sites for hydroxylation is 1. The van der Waals surface area contributed by atoms with Gasteiger partial charge in [0, 0.05) is 35.0 Å². The lowest BCUT2D eigenvalue weighted by atomic mass is 9.82. The van der Waals surface area contributed by atoms with E-state index >= 15 is 0 Å². The number of H-pyrrole nitrogens is 1. The fraction of sp³-hybridized carbons (Fsp3) is 0.471. The summed E-state index contributed by atoms with van der Waals surface area (Å²) < 4.78 is 0. The first kappa shape index (κ1) is 14.6. The molecular weight excluding hydrogens is 246 g/mol. The van der Waals surface area contributed by atoms with Gasteiger partial charge in [0.1, 0.15) is 0 Å². The van der Waals surface area contributed by atoms with Crippen molar-refractivity contribution in [2.45, 2.75) is 39.0 Å². The number of fused-ring (bicyclic) bond motifs is 1. The Kier molecular flexibility index (Phi) is 4.46. The van der Waals surface area contributed by atoms with E-state index in [4.69, 9.17) is 5.26 Å². The van der Waals surface area contributed by atoms with Crippen LogP contribution >= 0.6 is 0 Å². The van der Waals surface area contributed by atoms with E-state index < -0.39 is 0 Å². The fourth-order valence-corrected chi connectivity index (χ4v) is 2.93. The van der Waals surface area contributed by atoms with E-state index in [1.807, 2.05) is 0 Å². The molecule has 0 aliphatic rings. The third kappa shape index (κ3) is 3.02. The smallest absolute Gasteiger partial charge is 0.0622 e. The van der Waals surface area contributed by atoms with Crippen molar-refractivity contribution in [3.05, 3.63) is 35.5 Å². The number of hydrogen-bond acceptors (Lipinski definition) is 2. The minimum Gasteiger partial charge on any atom is -0.358 e. The lowest BCUT2D eigenvalue weighted by Gasteiger charge is -2.26. The Bertz CT molecular complexity index is 617. The zero-order chi connectivity index (χ0) is 14.6. The largest absolute Gasteiger partial charge is 0.358 e. The van der Waals surface area contributed by atoms with Crippen LogP contribution in [0.15, 0.2) is 24.3 Å². The summed E-state index contributed by atoms with van der Waals surface area (Å²) >= 11 is 0. The molecule has 2 aromatic rings. The zero-order valence-electron chi connectivity index (χ0n) is 12.6. The highest BCUT2D eigenvalue weighted by atomic mass is 14.9. The van der Waals surface area contributed by atoms with E-state index in [-0.39, 0.29) is 5.41 Å². The summed E-state index contributed by atoms with van der Waals surface area (Å²) in [6.07, 6.45) is 1.54. The number of aromatic nitrogens is 1. The number of para-hydroxylation sites is 1. The minimum absolute atomic E-state index is 0.0658. The quantitative estimate of drug-likeness (QED) is 0.786. The molecule has 0 aliphatic carbocycles. The molecular formula is C17H23N3. The van der Waals surface area contributed by atoms with Gasteiger partial charge in [-0.2, -0.15) is 5.26 Å². The van der Waals surface area contributed by atoms with Crippen LogP contribution < -0.4 is 5.32 Å². The Labute approximate surface area is 121 Å². The number of nitriles is 1. The first-order valence-electron chi connectivity index (χ1n) is 7.22. The Balaban J connectivity index is 2.15. The molecule has 0 saturated heterocycles. The van der Waals surface area contributed by atoms with Crippen molar-refractivity contribution < 1.29 is 0 Å². The molecule has 3 heteroatoms. The van der Waals surface area contributed by atoms with Crippen molar-refractivity contribution in [2.75, 3.05) is 13.1 Å². The van der Waals surface area contributed by atoms with Crippen LogP contribution in [0.2, 0.25) is 0 Å². The normalized spacial score (nSPS) is 11.7. The van der Waals surface area contributed by atoms with Gasteiger partial charge in [-0.05, 0) is 31.5 Å². The van der Waals surface area contributed by atoms with Crippen molar-refractivity contribution in [2.24, 2.45) is 0 Å². The SMILES string of the molecule is Cc1[nH]c2ccccc2c1C(C)(C)CNCCCC#N. The molecule has 0 fully saturated rings. The van der Waals surface area contributed by atoms with Gasteiger partial charge in [0.05, 0.1) is 6.07 Å². The topological polar surface area (TPSA) is 51.6 Å². The van der Waals surface area contributed by atoms with E-state index in [2.05, 4.69) is 61.4 Å². The Morgan fingerprint density at radius 1 is 1.30 bits per heavy atom. The van der Waals surface area contributed by atoms with Crippen LogP contribution in [0.5, 0.6) is 0 Å². The average Bonchev–Trinajstić information content (AvgIpc) is 2.75. The standard InChI is InChI=1S/C17H23N3/c1-13-16(14-8-4-5-9-15(14)20-13)17(2,3)12-19-11-7-6-10-18/h4-5,8-9,19-20H,6-7,11-12H2,1-3H3. The second-order valence-corrected chi connectivity index (χ2v) is 5.99. The zero-order valence-corrected chi connectivity index (χ0v) is 12.6. The van der Waals surface area contributed by atoms with Gasteiger partial charge in [0.15, 0.2) is 0 Å². The van der Waals surface area contributed by atoms with Gasteiger partial charge in [0.25, 0.3) is 0 Å². The second-order valence-electron chi connectivity index (χ2n) is 5.99. The third-order valence-electron chi connectivity index (χ3n) is 3.78. The number of hydrogen-bond donors (Lipinski definition) is 2. The molecule has 0 amide bonds. The molecule has 1 heterocycles. The number of benzene rings is 1. The first-order chi connectivity index (χ1) is 9.56. The van der Waals surface area contributed by atoms with Gasteiger partial charge in [0.2, 0.25) is 0 Å². The van der Waals surface area contributed by atoms with Crippen LogP contribution in [0, 0.1) is 18.3 Å². The molecule has 0 bridgehead atoms. The molecule has 0 aliphatic heterocycles. The predicted molar refractivity (Wildman–Crippen MR) is 83.8 cm³/mol. The van der Waals surface area contributed by atoms with Gasteiger partial charge in [-0.1, -0.05) is 32.0 Å². The molecule has 0 saturated carbocycles. The summed E-state index contributed by atoms with van der Waals surface area (Å²) in [5.41, 5.74) is 3.91. The molecule has 20 heavy (non-hydrogen) atoms. The Hall–Kier alpha value is -1.79. The van der Waals surface area contributed by atoms with Crippen LogP contribution in [0.25, 0.3) is 10.9 Å². The predicted octanol–water partition coefficient (Wildman–Crippen LogP) is 3.65. The van der Waals surface area contributed by atoms with E-state index in [0.717, 1.165) is 19.5 Å². The van der Waals surface area contributed by atoms with Crippen LogP contribution in [-0.2, 0) is 5.41 Å². The summed E-state index contributed by atoms with van der Waals surface area (Å²) in [6.45, 7) is 8.51. The summed E-state index contributed by atoms with van der Waals surface area (Å²) in [4.78, 5) is 3.47. The molecule has 2 N–H and O–H groups in total. The number of nitrogens with zero attached hydrogens (tertiary/aromatic N) is 1. The lowest BCUT2D eigenvalue weighted by molar-refractivity contribution is 0.468. The van der Waals surface area contributed by atoms with Crippen molar-refractivity contribution >= 4 is 10.9 Å². The van der Waals surface area contributed by atoms with E-state index in [0.29, 0.717) is 6.42 Å². The van der Waals surface area contributed by atoms with Crippen LogP contribution in [0.3, 0.4) is 0 Å². The maximum absolute atomic E-state index is 8.55. The lowest BCUT2D eigenvalue weighted by Crippen LogP contribution is -2.33. The highest BCUT2D eigenvalue weighted by Crippen LogP contribution is 2.32. The van der Waals surface area contributed by atoms with Crippen molar-refractivity contribution in [1.82, 2.24) is 10.3 Å². The monoisotopic (exact) mass is 269 g/mol. The van der Waals surface area contributed by atoms with Crippen LogP contribution in [-0.4, -0.2) is 18.1 Å². The van der Waals surface area contributed by atoms with E-state index in [1.165, 1.54) is 22.2 Å². The fourth-order valence-electron chi connectivity index (χ4n) is 2.93. The molecule has 0 radical (unpaired) electrons. The molecule has 0 spiro atoms. The maximum Gasteiger partial charge on any atom is 0.0622 e. The Morgan fingerprint density at radius 2 is 2.05 bits per heavy atom. The highest BCUT2D eigenvalue weighted by Gasteiger charge is 2.25. The van der Waals surface area contributed by atoms with Gasteiger partial charge in [-0.15, -0.1) is 0 Å². The Morgan fingerprint density at radius 3 is 2.80 bits per heavy atom. The summed E-state index contributed by atoms with van der Waals surface area (Å²) in [6, 6.07) is 10.7. The molecule has 106 valence electrons. The summed E-state index contributed by atoms with van der Waals surface area (Å²) in [5, 5.41) is 13.3. The highest BCUT2D eigenvalue weighted by molar-refractivity contribution is 5.85. The number of rotatable bonds is 6. The first-order valence-corrected chi connectivity index (χ1v) is 7.22. The van der Waals surface area contributed by atoms with Crippen LogP contribution in [0.1, 0.15) is 37.9 Å². The van der Waals surface area contributed by atoms with Crippen molar-refractivity contribution in [3.8, 4) is 6.07 Å². The van der Waals surface area contributed by atoms with Gasteiger partial charge in [-0.3, -0.25) is 0 Å². The second kappa shape index (κ2) is 6.11. The molecule has 0 unspecified atom stereocenters. The molecule has 1 aromatic heterocycles. The van der Waals surface area contributed by atoms with Crippen LogP contribution in [0.4, 0.5) is 0 Å². The van der Waals surface area contributed by atoms with Crippen molar-refractivity contribution in [1.29, 1.82) is 5.26 Å². The van der Waals surface area contributed by atoms with Gasteiger partial charge in [-0.25, -0.2) is 0 Å². The van der Waals surface area contributed by atoms with E-state index in [9.17, 15) is 0 Å². The molecule has 1 aromatic carbocycles. The third-order valence-corrected chi connectivity index (χ3v) is 3.78. The molecule has 2 rings (SSSR count). The minimum atomic E-state index is 0.0658.